The van der Waals surface area contributed by atoms with E-state index >= 15 is 0 Å². The highest BCUT2D eigenvalue weighted by Gasteiger charge is 2.26. The van der Waals surface area contributed by atoms with Gasteiger partial charge in [-0.3, -0.25) is 4.79 Å². The zero-order valence-corrected chi connectivity index (χ0v) is 20.7. The highest BCUT2D eigenvalue weighted by atomic mass is 32.2. The van der Waals surface area contributed by atoms with Crippen molar-refractivity contribution in [1.82, 2.24) is 19.5 Å². The zero-order chi connectivity index (χ0) is 24.8. The second kappa shape index (κ2) is 10.9. The Kier molecular flexibility index (Phi) is 7.74. The van der Waals surface area contributed by atoms with E-state index < -0.39 is 10.0 Å². The van der Waals surface area contributed by atoms with Gasteiger partial charge in [0, 0.05) is 25.1 Å². The molecule has 4 rings (SSSR count). The molecule has 3 aromatic rings. The number of ether oxygens (including phenoxy) is 1. The predicted octanol–water partition coefficient (Wildman–Crippen LogP) is 2.59. The average Bonchev–Trinajstić information content (AvgIpc) is 3.17. The van der Waals surface area contributed by atoms with E-state index in [-0.39, 0.29) is 17.2 Å². The van der Waals surface area contributed by atoms with Crippen LogP contribution in [0.5, 0.6) is 0 Å². The van der Waals surface area contributed by atoms with E-state index in [0.717, 1.165) is 28.2 Å². The summed E-state index contributed by atoms with van der Waals surface area (Å²) in [7, 11) is -3.52. The van der Waals surface area contributed by atoms with Crippen molar-refractivity contribution >= 4 is 22.1 Å². The van der Waals surface area contributed by atoms with E-state index in [2.05, 4.69) is 15.6 Å². The van der Waals surface area contributed by atoms with Crippen LogP contribution in [0.2, 0.25) is 0 Å². The SMILES string of the molecule is Cc1nn(-c2ccccc2)c(C)c1C=NNC(=O)CCc1ccc(S(=O)(=O)N2CCOCC2)cc1. The van der Waals surface area contributed by atoms with Gasteiger partial charge in [0.1, 0.15) is 0 Å². The summed E-state index contributed by atoms with van der Waals surface area (Å²) in [5.74, 6) is -0.225. The van der Waals surface area contributed by atoms with Crippen molar-refractivity contribution in [2.45, 2.75) is 31.6 Å². The van der Waals surface area contributed by atoms with Crippen LogP contribution in [0.15, 0.2) is 64.6 Å². The minimum absolute atomic E-state index is 0.225. The van der Waals surface area contributed by atoms with Crippen LogP contribution in [-0.2, 0) is 26.0 Å². The smallest absolute Gasteiger partial charge is 0.243 e. The van der Waals surface area contributed by atoms with Gasteiger partial charge in [0.2, 0.25) is 15.9 Å². The number of benzene rings is 2. The lowest BCUT2D eigenvalue weighted by Crippen LogP contribution is -2.40. The molecule has 1 aliphatic rings. The first-order chi connectivity index (χ1) is 16.9. The van der Waals surface area contributed by atoms with Gasteiger partial charge in [-0.1, -0.05) is 30.3 Å². The van der Waals surface area contributed by atoms with Gasteiger partial charge in [0.15, 0.2) is 0 Å². The van der Waals surface area contributed by atoms with Gasteiger partial charge >= 0.3 is 0 Å². The van der Waals surface area contributed by atoms with Crippen LogP contribution in [0.3, 0.4) is 0 Å². The number of hydrogen-bond donors (Lipinski definition) is 1. The molecule has 2 aromatic carbocycles. The number of nitrogens with one attached hydrogen (secondary N) is 1. The fourth-order valence-electron chi connectivity index (χ4n) is 3.91. The molecule has 35 heavy (non-hydrogen) atoms. The number of aryl methyl sites for hydroxylation is 2. The Morgan fingerprint density at radius 1 is 1.09 bits per heavy atom. The van der Waals surface area contributed by atoms with Crippen molar-refractivity contribution in [2.24, 2.45) is 5.10 Å². The molecule has 1 fully saturated rings. The molecule has 1 aliphatic heterocycles. The maximum atomic E-state index is 12.7. The Bertz CT molecular complexity index is 1300. The number of carbonyl (C=O) groups excluding carboxylic acids is 1. The molecule has 0 saturated carbocycles. The third kappa shape index (κ3) is 5.84. The maximum absolute atomic E-state index is 12.7. The summed E-state index contributed by atoms with van der Waals surface area (Å²) in [5.41, 5.74) is 7.00. The number of hydrazone groups is 1. The van der Waals surface area contributed by atoms with Gasteiger partial charge in [-0.25, -0.2) is 18.5 Å². The van der Waals surface area contributed by atoms with Gasteiger partial charge in [-0.15, -0.1) is 0 Å². The molecule has 184 valence electrons. The van der Waals surface area contributed by atoms with Crippen molar-refractivity contribution in [3.05, 3.63) is 77.1 Å². The second-order valence-corrected chi connectivity index (χ2v) is 10.2. The van der Waals surface area contributed by atoms with E-state index in [1.54, 1.807) is 30.5 Å². The predicted molar refractivity (Wildman–Crippen MR) is 133 cm³/mol. The highest BCUT2D eigenvalue weighted by molar-refractivity contribution is 7.89. The van der Waals surface area contributed by atoms with Gasteiger partial charge in [0.25, 0.3) is 0 Å². The fourth-order valence-corrected chi connectivity index (χ4v) is 5.32. The summed E-state index contributed by atoms with van der Waals surface area (Å²) in [6.45, 7) is 5.39. The largest absolute Gasteiger partial charge is 0.379 e. The van der Waals surface area contributed by atoms with Crippen molar-refractivity contribution in [2.75, 3.05) is 26.3 Å². The number of rotatable bonds is 8. The lowest BCUT2D eigenvalue weighted by atomic mass is 10.1. The zero-order valence-electron chi connectivity index (χ0n) is 19.8. The molecule has 1 N–H and O–H groups in total. The molecule has 0 atom stereocenters. The van der Waals surface area contributed by atoms with Crippen molar-refractivity contribution in [1.29, 1.82) is 0 Å². The molecule has 0 spiro atoms. The van der Waals surface area contributed by atoms with Crippen LogP contribution in [0.25, 0.3) is 5.69 Å². The third-order valence-electron chi connectivity index (χ3n) is 5.90. The summed E-state index contributed by atoms with van der Waals surface area (Å²) in [6, 6.07) is 16.5. The molecule has 0 bridgehead atoms. The lowest BCUT2D eigenvalue weighted by molar-refractivity contribution is -0.121. The van der Waals surface area contributed by atoms with E-state index in [4.69, 9.17) is 4.74 Å². The molecule has 10 heteroatoms. The maximum Gasteiger partial charge on any atom is 0.243 e. The lowest BCUT2D eigenvalue weighted by Gasteiger charge is -2.26. The fraction of sp³-hybridized carbons (Fsp3) is 0.320. The van der Waals surface area contributed by atoms with Gasteiger partial charge in [-0.05, 0) is 50.1 Å². The number of amides is 1. The van der Waals surface area contributed by atoms with E-state index in [9.17, 15) is 13.2 Å². The third-order valence-corrected chi connectivity index (χ3v) is 7.82. The number of aromatic nitrogens is 2. The molecule has 1 saturated heterocycles. The van der Waals surface area contributed by atoms with Crippen LogP contribution < -0.4 is 5.43 Å². The van der Waals surface area contributed by atoms with Gasteiger partial charge in [-0.2, -0.15) is 14.5 Å². The molecule has 0 unspecified atom stereocenters. The molecule has 0 aliphatic carbocycles. The second-order valence-electron chi connectivity index (χ2n) is 8.29. The number of sulfonamides is 1. The standard InChI is InChI=1S/C25H29N5O4S/c1-19-24(20(2)30(28-19)22-6-4-3-5-7-22)18-26-27-25(31)13-10-21-8-11-23(12-9-21)35(32,33)29-14-16-34-17-15-29/h3-9,11-12,18H,10,13-17H2,1-2H3,(H,27,31). The van der Waals surface area contributed by atoms with Crippen LogP contribution >= 0.6 is 0 Å². The first-order valence-corrected chi connectivity index (χ1v) is 12.9. The number of para-hydroxylation sites is 1. The van der Waals surface area contributed by atoms with E-state index in [1.807, 2.05) is 48.9 Å². The average molecular weight is 496 g/mol. The Balaban J connectivity index is 1.31. The minimum atomic E-state index is -3.52. The van der Waals surface area contributed by atoms with Crippen LogP contribution in [0, 0.1) is 13.8 Å². The topological polar surface area (TPSA) is 106 Å². The Hall–Kier alpha value is -3.34. The van der Waals surface area contributed by atoms with Gasteiger partial charge in [0.05, 0.1) is 41.4 Å². The molecule has 1 amide bonds. The molecular weight excluding hydrogens is 466 g/mol. The Morgan fingerprint density at radius 2 is 1.77 bits per heavy atom. The summed E-state index contributed by atoms with van der Waals surface area (Å²) < 4.78 is 33.9. The summed E-state index contributed by atoms with van der Waals surface area (Å²) >= 11 is 0. The summed E-state index contributed by atoms with van der Waals surface area (Å²) in [4.78, 5) is 12.5. The number of morpholine rings is 1. The molecular formula is C25H29N5O4S. The molecule has 2 heterocycles. The minimum Gasteiger partial charge on any atom is -0.379 e. The van der Waals surface area contributed by atoms with Crippen molar-refractivity contribution in [3.8, 4) is 5.69 Å². The number of hydrogen-bond acceptors (Lipinski definition) is 6. The van der Waals surface area contributed by atoms with Crippen LogP contribution in [0.4, 0.5) is 0 Å². The highest BCUT2D eigenvalue weighted by Crippen LogP contribution is 2.19. The normalized spacial score (nSPS) is 14.9. The first-order valence-electron chi connectivity index (χ1n) is 11.5. The van der Waals surface area contributed by atoms with E-state index in [1.165, 1.54) is 4.31 Å². The monoisotopic (exact) mass is 495 g/mol. The molecule has 9 nitrogen and oxygen atoms in total. The molecule has 1 aromatic heterocycles. The van der Waals surface area contributed by atoms with Gasteiger partial charge < -0.3 is 4.74 Å². The first kappa shape index (κ1) is 24.8. The summed E-state index contributed by atoms with van der Waals surface area (Å²) in [6.07, 6.45) is 2.32. The van der Waals surface area contributed by atoms with E-state index in [0.29, 0.717) is 32.7 Å². The quantitative estimate of drug-likeness (QED) is 0.382. The number of nitrogens with zero attached hydrogens (tertiary/aromatic N) is 4. The Morgan fingerprint density at radius 3 is 2.46 bits per heavy atom. The van der Waals surface area contributed by atoms with Crippen molar-refractivity contribution in [3.63, 3.8) is 0 Å². The van der Waals surface area contributed by atoms with Crippen LogP contribution in [0.1, 0.15) is 28.9 Å². The van der Waals surface area contributed by atoms with Crippen LogP contribution in [-0.4, -0.2) is 60.9 Å². The summed E-state index contributed by atoms with van der Waals surface area (Å²) in [5, 5.41) is 8.68. The number of carbonyl (C=O) groups is 1. The Labute approximate surface area is 205 Å². The van der Waals surface area contributed by atoms with Crippen molar-refractivity contribution < 1.29 is 17.9 Å². The molecule has 0 radical (unpaired) electrons.